The number of ether oxygens (including phenoxy) is 2. The van der Waals surface area contributed by atoms with E-state index in [0.29, 0.717) is 0 Å². The van der Waals surface area contributed by atoms with Crippen molar-refractivity contribution in [3.63, 3.8) is 0 Å². The number of benzene rings is 1. The highest BCUT2D eigenvalue weighted by atomic mass is 32.2. The van der Waals surface area contributed by atoms with E-state index in [4.69, 9.17) is 9.47 Å². The molecule has 0 radical (unpaired) electrons. The van der Waals surface area contributed by atoms with Crippen molar-refractivity contribution in [2.45, 2.75) is 75.0 Å². The molecule has 0 aliphatic heterocycles. The van der Waals surface area contributed by atoms with Gasteiger partial charge in [0.2, 0.25) is 10.0 Å². The van der Waals surface area contributed by atoms with Crippen molar-refractivity contribution in [2.75, 3.05) is 7.11 Å². The monoisotopic (exact) mass is 424 g/mol. The van der Waals surface area contributed by atoms with Gasteiger partial charge in [0.15, 0.2) is 6.10 Å². The van der Waals surface area contributed by atoms with E-state index in [1.807, 2.05) is 0 Å². The molecule has 2 aliphatic rings. The largest absolute Gasteiger partial charge is 0.495 e. The van der Waals surface area contributed by atoms with Crippen LogP contribution in [0.3, 0.4) is 0 Å². The first-order valence-electron chi connectivity index (χ1n) is 10.0. The summed E-state index contributed by atoms with van der Waals surface area (Å²) in [7, 11) is -2.46. The van der Waals surface area contributed by atoms with Crippen molar-refractivity contribution in [1.82, 2.24) is 10.0 Å². The number of hydrogen-bond acceptors (Lipinski definition) is 6. The molecule has 0 bridgehead atoms. The summed E-state index contributed by atoms with van der Waals surface area (Å²) in [5.74, 6) is -0.971. The maximum absolute atomic E-state index is 12.6. The van der Waals surface area contributed by atoms with Gasteiger partial charge in [-0.05, 0) is 50.8 Å². The molecule has 0 spiro atoms. The van der Waals surface area contributed by atoms with Crippen LogP contribution < -0.4 is 14.8 Å². The Kier molecular flexibility index (Phi) is 6.79. The summed E-state index contributed by atoms with van der Waals surface area (Å²) >= 11 is 0. The molecule has 29 heavy (non-hydrogen) atoms. The molecular formula is C20H28N2O6S. The molecule has 160 valence electrons. The Morgan fingerprint density at radius 3 is 2.38 bits per heavy atom. The normalized spacial score (nSPS) is 18.7. The van der Waals surface area contributed by atoms with Gasteiger partial charge in [-0.15, -0.1) is 0 Å². The minimum atomic E-state index is -3.82. The molecule has 1 atom stereocenters. The molecular weight excluding hydrogens is 396 g/mol. The van der Waals surface area contributed by atoms with Gasteiger partial charge in [0.1, 0.15) is 10.6 Å². The molecule has 8 nitrogen and oxygen atoms in total. The summed E-state index contributed by atoms with van der Waals surface area (Å²) in [6.07, 6.45) is 5.80. The molecule has 2 saturated carbocycles. The zero-order chi connectivity index (χ0) is 21.0. The van der Waals surface area contributed by atoms with E-state index in [-0.39, 0.29) is 34.2 Å². The second-order valence-corrected chi connectivity index (χ2v) is 9.33. The first kappa shape index (κ1) is 21.6. The number of carbonyl (C=O) groups is 2. The fourth-order valence-corrected chi connectivity index (χ4v) is 4.85. The molecule has 0 aromatic heterocycles. The fraction of sp³-hybridized carbons (Fsp3) is 0.600. The van der Waals surface area contributed by atoms with Crippen LogP contribution in [0.25, 0.3) is 0 Å². The van der Waals surface area contributed by atoms with Crippen LogP contribution in [0.1, 0.15) is 62.2 Å². The Balaban J connectivity index is 1.68. The van der Waals surface area contributed by atoms with E-state index in [0.717, 1.165) is 38.5 Å². The van der Waals surface area contributed by atoms with E-state index in [1.54, 1.807) is 0 Å². The molecule has 9 heteroatoms. The zero-order valence-corrected chi connectivity index (χ0v) is 17.6. The minimum Gasteiger partial charge on any atom is -0.495 e. The Morgan fingerprint density at radius 1 is 1.07 bits per heavy atom. The highest BCUT2D eigenvalue weighted by molar-refractivity contribution is 7.89. The van der Waals surface area contributed by atoms with Crippen LogP contribution in [0.2, 0.25) is 0 Å². The fourth-order valence-electron chi connectivity index (χ4n) is 3.35. The number of sulfonamides is 1. The van der Waals surface area contributed by atoms with Gasteiger partial charge in [-0.2, -0.15) is 0 Å². The quantitative estimate of drug-likeness (QED) is 0.619. The Bertz CT molecular complexity index is 860. The summed E-state index contributed by atoms with van der Waals surface area (Å²) in [5, 5.41) is 2.92. The lowest BCUT2D eigenvalue weighted by Gasteiger charge is -2.24. The molecule has 1 amide bonds. The summed E-state index contributed by atoms with van der Waals surface area (Å²) < 4.78 is 38.1. The summed E-state index contributed by atoms with van der Waals surface area (Å²) in [6, 6.07) is 4.08. The summed E-state index contributed by atoms with van der Waals surface area (Å²) in [6.45, 7) is 1.51. The molecule has 2 N–H and O–H groups in total. The van der Waals surface area contributed by atoms with Crippen LogP contribution >= 0.6 is 0 Å². The predicted molar refractivity (Wildman–Crippen MR) is 106 cm³/mol. The van der Waals surface area contributed by atoms with Crippen LogP contribution in [-0.4, -0.2) is 45.6 Å². The van der Waals surface area contributed by atoms with Crippen LogP contribution in [-0.2, 0) is 19.6 Å². The lowest BCUT2D eigenvalue weighted by Crippen LogP contribution is -2.42. The number of amides is 1. The van der Waals surface area contributed by atoms with Crippen LogP contribution in [0.4, 0.5) is 0 Å². The first-order chi connectivity index (χ1) is 13.8. The summed E-state index contributed by atoms with van der Waals surface area (Å²) in [4.78, 5) is 24.7. The Hall–Kier alpha value is -2.13. The average molecular weight is 425 g/mol. The van der Waals surface area contributed by atoms with E-state index < -0.39 is 22.1 Å². The maximum atomic E-state index is 12.6. The Morgan fingerprint density at radius 2 is 1.76 bits per heavy atom. The number of methoxy groups -OCH3 is 1. The van der Waals surface area contributed by atoms with Gasteiger partial charge in [0, 0.05) is 12.1 Å². The molecule has 0 heterocycles. The van der Waals surface area contributed by atoms with E-state index in [2.05, 4.69) is 10.0 Å². The topological polar surface area (TPSA) is 111 Å². The zero-order valence-electron chi connectivity index (χ0n) is 16.8. The highest BCUT2D eigenvalue weighted by Crippen LogP contribution is 2.28. The third-order valence-corrected chi connectivity index (χ3v) is 6.73. The number of nitrogens with one attached hydrogen (secondary N) is 2. The van der Waals surface area contributed by atoms with Gasteiger partial charge in [0.25, 0.3) is 5.91 Å². The van der Waals surface area contributed by atoms with E-state index >= 15 is 0 Å². The number of esters is 1. The predicted octanol–water partition coefficient (Wildman–Crippen LogP) is 2.13. The van der Waals surface area contributed by atoms with Gasteiger partial charge >= 0.3 is 5.97 Å². The molecule has 2 fully saturated rings. The number of hydrogen-bond donors (Lipinski definition) is 2. The second kappa shape index (κ2) is 9.13. The molecule has 1 aromatic carbocycles. The van der Waals surface area contributed by atoms with Crippen molar-refractivity contribution in [2.24, 2.45) is 0 Å². The van der Waals surface area contributed by atoms with Gasteiger partial charge in [-0.3, -0.25) is 4.79 Å². The van der Waals surface area contributed by atoms with Crippen molar-refractivity contribution in [3.8, 4) is 5.75 Å². The van der Waals surface area contributed by atoms with Gasteiger partial charge in [-0.25, -0.2) is 17.9 Å². The van der Waals surface area contributed by atoms with Gasteiger partial charge in [-0.1, -0.05) is 19.3 Å². The minimum absolute atomic E-state index is 0.0410. The van der Waals surface area contributed by atoms with E-state index in [9.17, 15) is 18.0 Å². The summed E-state index contributed by atoms with van der Waals surface area (Å²) in [5.41, 5.74) is 0.0410. The average Bonchev–Trinajstić information content (AvgIpc) is 3.51. The third-order valence-electron chi connectivity index (χ3n) is 5.19. The van der Waals surface area contributed by atoms with Crippen LogP contribution in [0.5, 0.6) is 5.75 Å². The number of carbonyl (C=O) groups excluding carboxylic acids is 2. The van der Waals surface area contributed by atoms with Crippen molar-refractivity contribution < 1.29 is 27.5 Å². The second-order valence-electron chi connectivity index (χ2n) is 7.65. The maximum Gasteiger partial charge on any atom is 0.338 e. The highest BCUT2D eigenvalue weighted by Gasteiger charge is 2.31. The lowest BCUT2D eigenvalue weighted by atomic mass is 9.95. The van der Waals surface area contributed by atoms with Crippen LogP contribution in [0.15, 0.2) is 23.1 Å². The standard InChI is InChI=1S/C20H28N2O6S/c1-13(19(23)21-15-6-4-3-5-7-15)28-20(24)14-8-11-17(27-2)18(12-14)29(25,26)22-16-9-10-16/h8,11-13,15-16,22H,3-7,9-10H2,1-2H3,(H,21,23)/t13-/m1/s1. The van der Waals surface area contributed by atoms with Gasteiger partial charge in [0.05, 0.1) is 12.7 Å². The smallest absolute Gasteiger partial charge is 0.338 e. The molecule has 3 rings (SSSR count). The molecule has 1 aromatic rings. The van der Waals surface area contributed by atoms with E-state index in [1.165, 1.54) is 38.7 Å². The van der Waals surface area contributed by atoms with Crippen molar-refractivity contribution >= 4 is 21.9 Å². The number of rotatable bonds is 8. The van der Waals surface area contributed by atoms with Crippen molar-refractivity contribution in [3.05, 3.63) is 23.8 Å². The Labute approximate surface area is 171 Å². The molecule has 0 unspecified atom stereocenters. The van der Waals surface area contributed by atoms with Gasteiger partial charge < -0.3 is 14.8 Å². The molecule has 2 aliphatic carbocycles. The third kappa shape index (κ3) is 5.70. The van der Waals surface area contributed by atoms with Crippen molar-refractivity contribution in [1.29, 1.82) is 0 Å². The first-order valence-corrected chi connectivity index (χ1v) is 11.5. The van der Waals surface area contributed by atoms with Crippen LogP contribution in [0, 0.1) is 0 Å². The lowest BCUT2D eigenvalue weighted by molar-refractivity contribution is -0.130. The SMILES string of the molecule is COc1ccc(C(=O)O[C@H](C)C(=O)NC2CCCCC2)cc1S(=O)(=O)NC1CC1. The molecule has 0 saturated heterocycles.